The van der Waals surface area contributed by atoms with Gasteiger partial charge in [-0.1, -0.05) is 48.5 Å². The molecule has 1 aliphatic heterocycles. The lowest BCUT2D eigenvalue weighted by Crippen LogP contribution is -2.34. The van der Waals surface area contributed by atoms with E-state index in [-0.39, 0.29) is 18.6 Å². The fraction of sp³-hybridized carbons (Fsp3) is 0.240. The van der Waals surface area contributed by atoms with E-state index in [2.05, 4.69) is 5.32 Å². The summed E-state index contributed by atoms with van der Waals surface area (Å²) in [4.78, 5) is 14.4. The zero-order chi connectivity index (χ0) is 20.6. The topological polar surface area (TPSA) is 50.8 Å². The van der Waals surface area contributed by atoms with Crippen LogP contribution >= 0.6 is 0 Å². The van der Waals surface area contributed by atoms with Crippen molar-refractivity contribution in [3.8, 4) is 11.5 Å². The zero-order valence-electron chi connectivity index (χ0n) is 16.9. The minimum atomic E-state index is 0.0109. The van der Waals surface area contributed by atoms with Crippen LogP contribution in [0, 0.1) is 0 Å². The van der Waals surface area contributed by atoms with Crippen molar-refractivity contribution < 1.29 is 14.3 Å². The van der Waals surface area contributed by atoms with Crippen molar-refractivity contribution in [2.45, 2.75) is 19.1 Å². The maximum Gasteiger partial charge on any atom is 0.260 e. The third-order valence-corrected chi connectivity index (χ3v) is 5.12. The number of likely N-dealkylation sites (tertiary alicyclic amines) is 1. The molecule has 30 heavy (non-hydrogen) atoms. The molecule has 0 aromatic heterocycles. The van der Waals surface area contributed by atoms with Crippen LogP contribution < -0.4 is 14.8 Å². The fourth-order valence-electron chi connectivity index (χ4n) is 3.48. The van der Waals surface area contributed by atoms with Gasteiger partial charge in [-0.15, -0.1) is 0 Å². The predicted molar refractivity (Wildman–Crippen MR) is 118 cm³/mol. The van der Waals surface area contributed by atoms with Gasteiger partial charge in [0.15, 0.2) is 6.61 Å². The highest BCUT2D eigenvalue weighted by Crippen LogP contribution is 2.20. The Morgan fingerprint density at radius 3 is 2.20 bits per heavy atom. The van der Waals surface area contributed by atoms with Crippen LogP contribution in [-0.4, -0.2) is 36.5 Å². The zero-order valence-corrected chi connectivity index (χ0v) is 16.9. The number of hydrogen-bond donors (Lipinski definition) is 1. The molecule has 0 aliphatic carbocycles. The number of nitrogens with one attached hydrogen (secondary N) is 1. The summed E-state index contributed by atoms with van der Waals surface area (Å²) in [5, 5.41) is 3.48. The Kier molecular flexibility index (Phi) is 6.50. The van der Waals surface area contributed by atoms with E-state index in [1.54, 1.807) is 0 Å². The molecule has 1 aliphatic rings. The molecule has 4 rings (SSSR count). The molecule has 1 N–H and O–H groups in total. The van der Waals surface area contributed by atoms with Crippen LogP contribution in [0.25, 0.3) is 0 Å². The van der Waals surface area contributed by atoms with Crippen LogP contribution in [-0.2, 0) is 11.4 Å². The van der Waals surface area contributed by atoms with Gasteiger partial charge in [-0.2, -0.15) is 0 Å². The van der Waals surface area contributed by atoms with Crippen LogP contribution in [0.2, 0.25) is 0 Å². The summed E-state index contributed by atoms with van der Waals surface area (Å²) in [7, 11) is 0. The van der Waals surface area contributed by atoms with Crippen LogP contribution in [0.15, 0.2) is 84.9 Å². The van der Waals surface area contributed by atoms with E-state index < -0.39 is 0 Å². The third kappa shape index (κ3) is 5.54. The highest BCUT2D eigenvalue weighted by Gasteiger charge is 2.26. The first-order valence-corrected chi connectivity index (χ1v) is 10.3. The normalized spacial score (nSPS) is 15.6. The number of para-hydroxylation sites is 1. The Hall–Kier alpha value is -3.47. The van der Waals surface area contributed by atoms with Crippen molar-refractivity contribution in [3.05, 3.63) is 90.5 Å². The van der Waals surface area contributed by atoms with Crippen molar-refractivity contribution >= 4 is 11.6 Å². The van der Waals surface area contributed by atoms with Crippen LogP contribution in [0.5, 0.6) is 11.5 Å². The summed E-state index contributed by atoms with van der Waals surface area (Å²) in [6.45, 7) is 2.01. The number of anilines is 1. The highest BCUT2D eigenvalue weighted by atomic mass is 16.5. The first-order chi connectivity index (χ1) is 14.8. The van der Waals surface area contributed by atoms with Crippen molar-refractivity contribution in [1.29, 1.82) is 0 Å². The smallest absolute Gasteiger partial charge is 0.260 e. The van der Waals surface area contributed by atoms with Crippen LogP contribution in [0.1, 0.15) is 12.0 Å². The second kappa shape index (κ2) is 9.83. The molecule has 1 unspecified atom stereocenters. The Bertz CT molecular complexity index is 930. The second-order valence-corrected chi connectivity index (χ2v) is 7.37. The number of nitrogens with zero attached hydrogens (tertiary/aromatic N) is 1. The lowest BCUT2D eigenvalue weighted by molar-refractivity contribution is -0.132. The average molecular weight is 402 g/mol. The summed E-state index contributed by atoms with van der Waals surface area (Å²) < 4.78 is 11.5. The van der Waals surface area contributed by atoms with Gasteiger partial charge in [-0.3, -0.25) is 4.79 Å². The number of carbonyl (C=O) groups is 1. The number of benzene rings is 3. The van der Waals surface area contributed by atoms with Gasteiger partial charge in [0.2, 0.25) is 0 Å². The monoisotopic (exact) mass is 402 g/mol. The van der Waals surface area contributed by atoms with Gasteiger partial charge in [0.1, 0.15) is 18.1 Å². The molecule has 3 aromatic rings. The molecular formula is C25H26N2O3. The average Bonchev–Trinajstić information content (AvgIpc) is 3.27. The standard InChI is InChI=1S/C25H26N2O3/c28-25(27-16-15-22(17-27)26-21-9-5-2-6-10-21)19-30-24-13-11-23(12-14-24)29-18-20-7-3-1-4-8-20/h1-14,22,26H,15-19H2. The second-order valence-electron chi connectivity index (χ2n) is 7.37. The molecule has 1 heterocycles. The summed E-state index contributed by atoms with van der Waals surface area (Å²) in [5.41, 5.74) is 2.21. The molecule has 0 saturated carbocycles. The molecular weight excluding hydrogens is 376 g/mol. The van der Waals surface area contributed by atoms with Gasteiger partial charge in [0.05, 0.1) is 0 Å². The Labute approximate surface area is 177 Å². The molecule has 5 heteroatoms. The van der Waals surface area contributed by atoms with Gasteiger partial charge in [-0.25, -0.2) is 0 Å². The van der Waals surface area contributed by atoms with E-state index >= 15 is 0 Å². The van der Waals surface area contributed by atoms with Crippen molar-refractivity contribution in [1.82, 2.24) is 4.90 Å². The molecule has 5 nitrogen and oxygen atoms in total. The number of rotatable bonds is 8. The highest BCUT2D eigenvalue weighted by molar-refractivity contribution is 5.78. The van der Waals surface area contributed by atoms with E-state index in [0.717, 1.165) is 30.0 Å². The quantitative estimate of drug-likeness (QED) is 0.608. The molecule has 154 valence electrons. The summed E-state index contributed by atoms with van der Waals surface area (Å²) >= 11 is 0. The van der Waals surface area contributed by atoms with Crippen LogP contribution in [0.4, 0.5) is 5.69 Å². The summed E-state index contributed by atoms with van der Waals surface area (Å²) in [6.07, 6.45) is 0.939. The minimum Gasteiger partial charge on any atom is -0.489 e. The van der Waals surface area contributed by atoms with Gasteiger partial charge in [0.25, 0.3) is 5.91 Å². The molecule has 0 radical (unpaired) electrons. The Morgan fingerprint density at radius 1 is 0.867 bits per heavy atom. The van der Waals surface area contributed by atoms with E-state index in [4.69, 9.17) is 9.47 Å². The third-order valence-electron chi connectivity index (χ3n) is 5.12. The van der Waals surface area contributed by atoms with Crippen molar-refractivity contribution in [2.24, 2.45) is 0 Å². The minimum absolute atomic E-state index is 0.0109. The van der Waals surface area contributed by atoms with Crippen molar-refractivity contribution in [2.75, 3.05) is 25.0 Å². The van der Waals surface area contributed by atoms with Gasteiger partial charge in [-0.05, 0) is 48.4 Å². The van der Waals surface area contributed by atoms with E-state index in [1.165, 1.54) is 0 Å². The molecule has 0 bridgehead atoms. The van der Waals surface area contributed by atoms with E-state index in [1.807, 2.05) is 89.8 Å². The van der Waals surface area contributed by atoms with Gasteiger partial charge < -0.3 is 19.7 Å². The van der Waals surface area contributed by atoms with Crippen LogP contribution in [0.3, 0.4) is 0 Å². The predicted octanol–water partition coefficient (Wildman–Crippen LogP) is 4.36. The molecule has 1 fully saturated rings. The number of ether oxygens (including phenoxy) is 2. The number of carbonyl (C=O) groups excluding carboxylic acids is 1. The fourth-order valence-corrected chi connectivity index (χ4v) is 3.48. The van der Waals surface area contributed by atoms with Gasteiger partial charge in [0, 0.05) is 24.8 Å². The Morgan fingerprint density at radius 2 is 1.50 bits per heavy atom. The lowest BCUT2D eigenvalue weighted by Gasteiger charge is -2.18. The number of hydrogen-bond acceptors (Lipinski definition) is 4. The number of amides is 1. The maximum atomic E-state index is 12.5. The largest absolute Gasteiger partial charge is 0.489 e. The SMILES string of the molecule is O=C(COc1ccc(OCc2ccccc2)cc1)N1CCC(Nc2ccccc2)C1. The van der Waals surface area contributed by atoms with E-state index in [9.17, 15) is 4.79 Å². The lowest BCUT2D eigenvalue weighted by atomic mass is 10.2. The maximum absolute atomic E-state index is 12.5. The van der Waals surface area contributed by atoms with E-state index in [0.29, 0.717) is 18.9 Å². The summed E-state index contributed by atoms with van der Waals surface area (Å²) in [6, 6.07) is 27.8. The van der Waals surface area contributed by atoms with Gasteiger partial charge >= 0.3 is 0 Å². The first-order valence-electron chi connectivity index (χ1n) is 10.3. The Balaban J connectivity index is 1.20. The molecule has 1 amide bonds. The molecule has 3 aromatic carbocycles. The summed E-state index contributed by atoms with van der Waals surface area (Å²) in [5.74, 6) is 1.44. The molecule has 0 spiro atoms. The molecule has 1 atom stereocenters. The first kappa shape index (κ1) is 19.8. The van der Waals surface area contributed by atoms with Crippen molar-refractivity contribution in [3.63, 3.8) is 0 Å². The molecule has 1 saturated heterocycles.